The number of H-pyrrole nitrogens is 1. The quantitative estimate of drug-likeness (QED) is 0.468. The molecule has 150 valence electrons. The zero-order chi connectivity index (χ0) is 20.9. The number of nitrogens with zero attached hydrogens (tertiary/aromatic N) is 4. The van der Waals surface area contributed by atoms with Gasteiger partial charge in [-0.2, -0.15) is 18.3 Å². The van der Waals surface area contributed by atoms with E-state index in [2.05, 4.69) is 25.4 Å². The van der Waals surface area contributed by atoms with E-state index in [0.717, 1.165) is 6.33 Å². The number of carbonyl (C=O) groups is 1. The number of hydrogen-bond acceptors (Lipinski definition) is 5. The maximum atomic E-state index is 13.0. The summed E-state index contributed by atoms with van der Waals surface area (Å²) in [5.74, 6) is -0.323. The third-order valence-electron chi connectivity index (χ3n) is 4.35. The average molecular weight is 424 g/mol. The molecule has 4 N–H and O–H groups in total. The van der Waals surface area contributed by atoms with Crippen LogP contribution < -0.4 is 11.1 Å². The van der Waals surface area contributed by atoms with Crippen LogP contribution in [0.15, 0.2) is 24.5 Å². The minimum atomic E-state index is -4.51. The van der Waals surface area contributed by atoms with Gasteiger partial charge in [-0.15, -0.1) is 0 Å². The highest BCUT2D eigenvalue weighted by Crippen LogP contribution is 2.38. The predicted octanol–water partition coefficient (Wildman–Crippen LogP) is 3.13. The van der Waals surface area contributed by atoms with Crippen molar-refractivity contribution in [3.05, 3.63) is 35.1 Å². The molecule has 0 atom stereocenters. The Balaban J connectivity index is 1.96. The second kappa shape index (κ2) is 6.62. The fraction of sp³-hybridized carbons (Fsp3) is 0.176. The van der Waals surface area contributed by atoms with Crippen LogP contribution in [0.5, 0.6) is 0 Å². The molecule has 4 rings (SSSR count). The van der Waals surface area contributed by atoms with Crippen molar-refractivity contribution in [3.63, 3.8) is 0 Å². The van der Waals surface area contributed by atoms with Crippen LogP contribution in [0.4, 0.5) is 19.0 Å². The second-order valence-corrected chi connectivity index (χ2v) is 6.61. The first-order valence-corrected chi connectivity index (χ1v) is 8.65. The van der Waals surface area contributed by atoms with Crippen molar-refractivity contribution < 1.29 is 18.0 Å². The summed E-state index contributed by atoms with van der Waals surface area (Å²) in [5, 5.41) is 7.52. The molecule has 1 amide bonds. The van der Waals surface area contributed by atoms with Crippen molar-refractivity contribution in [2.75, 3.05) is 12.8 Å². The Morgan fingerprint density at radius 2 is 2.10 bits per heavy atom. The van der Waals surface area contributed by atoms with Gasteiger partial charge in [-0.25, -0.2) is 14.6 Å². The van der Waals surface area contributed by atoms with Gasteiger partial charge in [0, 0.05) is 23.5 Å². The molecular formula is C17H13ClF3N7O. The number of hydrogen-bond donors (Lipinski definition) is 3. The number of nitrogens with one attached hydrogen (secondary N) is 2. The fourth-order valence-corrected chi connectivity index (χ4v) is 3.40. The van der Waals surface area contributed by atoms with Gasteiger partial charge in [-0.1, -0.05) is 17.7 Å². The first-order valence-electron chi connectivity index (χ1n) is 8.27. The van der Waals surface area contributed by atoms with Crippen molar-refractivity contribution in [1.29, 1.82) is 0 Å². The summed E-state index contributed by atoms with van der Waals surface area (Å²) in [7, 11) is 1.50. The molecule has 3 heterocycles. The van der Waals surface area contributed by atoms with E-state index in [4.69, 9.17) is 17.3 Å². The molecular weight excluding hydrogens is 411 g/mol. The molecule has 0 aliphatic rings. The van der Waals surface area contributed by atoms with Gasteiger partial charge in [-0.3, -0.25) is 4.79 Å². The van der Waals surface area contributed by atoms with Crippen LogP contribution in [0.2, 0.25) is 5.02 Å². The first-order chi connectivity index (χ1) is 13.7. The first kappa shape index (κ1) is 19.0. The van der Waals surface area contributed by atoms with E-state index >= 15 is 0 Å². The molecule has 12 heteroatoms. The minimum Gasteiger partial charge on any atom is -0.383 e. The van der Waals surface area contributed by atoms with E-state index in [1.165, 1.54) is 7.05 Å². The smallest absolute Gasteiger partial charge is 0.383 e. The number of anilines is 1. The predicted molar refractivity (Wildman–Crippen MR) is 101 cm³/mol. The molecule has 4 aromatic rings. The number of carbonyl (C=O) groups excluding carboxylic acids is 1. The van der Waals surface area contributed by atoms with Gasteiger partial charge >= 0.3 is 6.18 Å². The maximum Gasteiger partial charge on any atom is 0.408 e. The molecule has 8 nitrogen and oxygen atoms in total. The van der Waals surface area contributed by atoms with E-state index < -0.39 is 12.7 Å². The number of aromatic nitrogens is 5. The minimum absolute atomic E-state index is 0.0285. The maximum absolute atomic E-state index is 13.0. The van der Waals surface area contributed by atoms with Crippen LogP contribution in [0.1, 0.15) is 10.4 Å². The highest BCUT2D eigenvalue weighted by molar-refractivity contribution is 6.38. The zero-order valence-corrected chi connectivity index (χ0v) is 15.6. The molecule has 3 aromatic heterocycles. The van der Waals surface area contributed by atoms with Crippen LogP contribution in [-0.4, -0.2) is 43.9 Å². The average Bonchev–Trinajstić information content (AvgIpc) is 3.18. The number of aromatic amines is 1. The summed E-state index contributed by atoms with van der Waals surface area (Å²) >= 11 is 6.47. The lowest BCUT2D eigenvalue weighted by molar-refractivity contribution is -0.141. The summed E-state index contributed by atoms with van der Waals surface area (Å²) in [6, 6.07) is 4.80. The fourth-order valence-electron chi connectivity index (χ4n) is 3.10. The lowest BCUT2D eigenvalue weighted by Crippen LogP contribution is -2.19. The highest BCUT2D eigenvalue weighted by atomic mass is 35.5. The Kier molecular flexibility index (Phi) is 4.34. The monoisotopic (exact) mass is 423 g/mol. The van der Waals surface area contributed by atoms with E-state index in [-0.39, 0.29) is 39.2 Å². The number of benzene rings is 1. The van der Waals surface area contributed by atoms with Crippen molar-refractivity contribution in [2.45, 2.75) is 12.7 Å². The molecule has 0 bridgehead atoms. The molecule has 29 heavy (non-hydrogen) atoms. The van der Waals surface area contributed by atoms with Crippen LogP contribution in [-0.2, 0) is 6.54 Å². The zero-order valence-electron chi connectivity index (χ0n) is 14.8. The molecule has 0 aliphatic carbocycles. The molecule has 0 unspecified atom stereocenters. The molecule has 0 saturated carbocycles. The third-order valence-corrected chi connectivity index (χ3v) is 4.74. The van der Waals surface area contributed by atoms with Crippen LogP contribution in [0.25, 0.3) is 33.3 Å². The van der Waals surface area contributed by atoms with Gasteiger partial charge in [0.25, 0.3) is 5.91 Å². The number of nitrogen functional groups attached to an aromatic ring is 1. The molecule has 0 spiro atoms. The van der Waals surface area contributed by atoms with Crippen molar-refractivity contribution in [1.82, 2.24) is 30.0 Å². The number of halogens is 4. The summed E-state index contributed by atoms with van der Waals surface area (Å²) in [6.45, 7) is -1.35. The summed E-state index contributed by atoms with van der Waals surface area (Å²) in [4.78, 5) is 22.6. The number of rotatable bonds is 3. The standard InChI is InChI=1S/C17H13ClF3N7O/c1-23-16(29)7-2-3-8-9(4-7)26-13(11(8)18)12-10-14(22)24-6-25-15(10)28(27-12)5-17(19,20)21/h2-4,6,26H,5H2,1H3,(H,23,29)(H2,22,24,25). The lowest BCUT2D eigenvalue weighted by atomic mass is 10.1. The van der Waals surface area contributed by atoms with Gasteiger partial charge in [-0.05, 0) is 12.1 Å². The third kappa shape index (κ3) is 3.23. The molecule has 0 saturated heterocycles. The van der Waals surface area contributed by atoms with Crippen LogP contribution in [0, 0.1) is 0 Å². The summed E-state index contributed by atoms with van der Waals surface area (Å²) in [6.07, 6.45) is -3.44. The molecule has 0 radical (unpaired) electrons. The number of nitrogens with two attached hydrogens (primary N) is 1. The Labute approximate surface area is 165 Å². The van der Waals surface area contributed by atoms with Crippen molar-refractivity contribution in [3.8, 4) is 11.4 Å². The molecule has 1 aromatic carbocycles. The van der Waals surface area contributed by atoms with E-state index in [9.17, 15) is 18.0 Å². The normalized spacial score (nSPS) is 12.0. The highest BCUT2D eigenvalue weighted by Gasteiger charge is 2.31. The summed E-state index contributed by atoms with van der Waals surface area (Å²) in [5.41, 5.74) is 7.08. The topological polar surface area (TPSA) is 115 Å². The van der Waals surface area contributed by atoms with Gasteiger partial charge in [0.15, 0.2) is 5.65 Å². The van der Waals surface area contributed by atoms with Gasteiger partial charge in [0.05, 0.1) is 16.1 Å². The SMILES string of the molecule is CNC(=O)c1ccc2c(Cl)c(-c3nn(CC(F)(F)F)c4ncnc(N)c34)[nH]c2c1. The largest absolute Gasteiger partial charge is 0.408 e. The summed E-state index contributed by atoms with van der Waals surface area (Å²) < 4.78 is 39.6. The van der Waals surface area contributed by atoms with Gasteiger partial charge in [0.2, 0.25) is 0 Å². The van der Waals surface area contributed by atoms with Crippen molar-refractivity contribution >= 4 is 45.3 Å². The Hall–Kier alpha value is -3.34. The van der Waals surface area contributed by atoms with Gasteiger partial charge in [0.1, 0.15) is 24.4 Å². The lowest BCUT2D eigenvalue weighted by Gasteiger charge is -2.06. The Bertz CT molecular complexity index is 1260. The number of amides is 1. The van der Waals surface area contributed by atoms with E-state index in [1.54, 1.807) is 18.2 Å². The second-order valence-electron chi connectivity index (χ2n) is 6.23. The number of fused-ring (bicyclic) bond motifs is 2. The number of alkyl halides is 3. The van der Waals surface area contributed by atoms with Crippen molar-refractivity contribution in [2.24, 2.45) is 0 Å². The molecule has 0 aliphatic heterocycles. The van der Waals surface area contributed by atoms with Crippen LogP contribution in [0.3, 0.4) is 0 Å². The Morgan fingerprint density at radius 3 is 2.79 bits per heavy atom. The van der Waals surface area contributed by atoms with Crippen LogP contribution >= 0.6 is 11.6 Å². The molecule has 0 fully saturated rings. The van der Waals surface area contributed by atoms with E-state index in [0.29, 0.717) is 21.1 Å². The van der Waals surface area contributed by atoms with E-state index in [1.807, 2.05) is 0 Å². The van der Waals surface area contributed by atoms with Gasteiger partial charge < -0.3 is 16.0 Å². The Morgan fingerprint density at radius 1 is 1.34 bits per heavy atom.